The van der Waals surface area contributed by atoms with E-state index in [1.807, 2.05) is 72.8 Å². The van der Waals surface area contributed by atoms with E-state index in [0.29, 0.717) is 5.69 Å². The van der Waals surface area contributed by atoms with Crippen LogP contribution in [-0.4, -0.2) is 26.0 Å². The molecular formula is C30H24INO4. The highest BCUT2D eigenvalue weighted by Gasteiger charge is 2.62. The first-order valence-electron chi connectivity index (χ1n) is 11.9. The summed E-state index contributed by atoms with van der Waals surface area (Å²) in [5, 5.41) is 0. The van der Waals surface area contributed by atoms with Crippen molar-refractivity contribution in [2.24, 2.45) is 23.7 Å². The Morgan fingerprint density at radius 2 is 1.14 bits per heavy atom. The second kappa shape index (κ2) is 8.92. The van der Waals surface area contributed by atoms with Gasteiger partial charge in [0, 0.05) is 15.4 Å². The van der Waals surface area contributed by atoms with Gasteiger partial charge in [0.05, 0.1) is 31.7 Å². The maximum Gasteiger partial charge on any atom is 0.238 e. The maximum atomic E-state index is 13.7. The third-order valence-electron chi connectivity index (χ3n) is 7.55. The lowest BCUT2D eigenvalue weighted by atomic mass is 9.85. The Hall–Kier alpha value is -3.39. The number of imide groups is 1. The van der Waals surface area contributed by atoms with Gasteiger partial charge in [-0.25, -0.2) is 4.90 Å². The largest absolute Gasteiger partial charge is 0.497 e. The van der Waals surface area contributed by atoms with E-state index in [2.05, 4.69) is 34.7 Å². The van der Waals surface area contributed by atoms with Gasteiger partial charge in [-0.2, -0.15) is 0 Å². The Morgan fingerprint density at radius 3 is 1.56 bits per heavy atom. The fraction of sp³-hybridized carbons (Fsp3) is 0.200. The van der Waals surface area contributed by atoms with Crippen molar-refractivity contribution in [1.29, 1.82) is 0 Å². The number of hydrogen-bond acceptors (Lipinski definition) is 4. The van der Waals surface area contributed by atoms with Crippen molar-refractivity contribution in [2.75, 3.05) is 19.1 Å². The van der Waals surface area contributed by atoms with Crippen molar-refractivity contribution >= 4 is 45.7 Å². The van der Waals surface area contributed by atoms with Gasteiger partial charge in [0.2, 0.25) is 11.8 Å². The molecule has 5 nitrogen and oxygen atoms in total. The molecule has 36 heavy (non-hydrogen) atoms. The molecule has 2 amide bonds. The first kappa shape index (κ1) is 23.0. The van der Waals surface area contributed by atoms with Gasteiger partial charge in [-0.1, -0.05) is 36.4 Å². The zero-order chi connectivity index (χ0) is 25.0. The molecule has 1 saturated carbocycles. The quantitative estimate of drug-likeness (QED) is 0.217. The summed E-state index contributed by atoms with van der Waals surface area (Å²) in [7, 11) is 3.30. The van der Waals surface area contributed by atoms with E-state index >= 15 is 0 Å². The van der Waals surface area contributed by atoms with Crippen molar-refractivity contribution in [2.45, 2.75) is 0 Å². The van der Waals surface area contributed by atoms with Gasteiger partial charge in [-0.05, 0) is 93.4 Å². The summed E-state index contributed by atoms with van der Waals surface area (Å²) in [6, 6.07) is 23.5. The highest BCUT2D eigenvalue weighted by atomic mass is 127. The normalized spacial score (nSPS) is 23.9. The number of allylic oxidation sites excluding steroid dienone is 3. The number of carbonyl (C=O) groups excluding carboxylic acids is 2. The number of nitrogens with zero attached hydrogens (tertiary/aromatic N) is 1. The molecule has 1 heterocycles. The highest BCUT2D eigenvalue weighted by molar-refractivity contribution is 14.1. The zero-order valence-corrected chi connectivity index (χ0v) is 22.0. The van der Waals surface area contributed by atoms with E-state index in [-0.39, 0.29) is 35.5 Å². The Balaban J connectivity index is 1.47. The number of amides is 2. The van der Waals surface area contributed by atoms with Crippen LogP contribution in [0.15, 0.2) is 90.5 Å². The molecule has 3 aromatic carbocycles. The fourth-order valence-corrected chi connectivity index (χ4v) is 6.32. The predicted molar refractivity (Wildman–Crippen MR) is 147 cm³/mol. The van der Waals surface area contributed by atoms with Crippen LogP contribution in [0.25, 0.3) is 5.57 Å². The Morgan fingerprint density at radius 1 is 0.694 bits per heavy atom. The molecule has 0 aromatic heterocycles. The zero-order valence-electron chi connectivity index (χ0n) is 19.9. The summed E-state index contributed by atoms with van der Waals surface area (Å²) in [6.07, 6.45) is 4.24. The minimum atomic E-state index is -0.381. The monoisotopic (exact) mass is 589 g/mol. The number of fused-ring (bicyclic) bond motifs is 5. The van der Waals surface area contributed by atoms with Gasteiger partial charge < -0.3 is 9.47 Å². The van der Waals surface area contributed by atoms with Crippen LogP contribution < -0.4 is 14.4 Å². The lowest BCUT2D eigenvalue weighted by Gasteiger charge is -2.22. The van der Waals surface area contributed by atoms with Gasteiger partial charge in [0.1, 0.15) is 11.5 Å². The number of hydrogen-bond donors (Lipinski definition) is 0. The number of halogens is 1. The molecule has 3 aliphatic rings. The topological polar surface area (TPSA) is 55.8 Å². The Labute approximate surface area is 223 Å². The van der Waals surface area contributed by atoms with Gasteiger partial charge in [-0.15, -0.1) is 0 Å². The van der Waals surface area contributed by atoms with Crippen molar-refractivity contribution in [3.63, 3.8) is 0 Å². The van der Waals surface area contributed by atoms with Crippen molar-refractivity contribution in [3.05, 3.63) is 105 Å². The number of carbonyl (C=O) groups is 2. The second-order valence-corrected chi connectivity index (χ2v) is 10.5. The number of rotatable bonds is 5. The number of benzene rings is 3. The minimum absolute atomic E-state index is 0.107. The summed E-state index contributed by atoms with van der Waals surface area (Å²) in [5.41, 5.74) is 4.92. The number of methoxy groups -OCH3 is 2. The molecule has 0 spiro atoms. The molecule has 0 unspecified atom stereocenters. The molecule has 2 bridgehead atoms. The van der Waals surface area contributed by atoms with Crippen molar-refractivity contribution in [3.8, 4) is 11.5 Å². The van der Waals surface area contributed by atoms with Crippen LogP contribution in [0.4, 0.5) is 5.69 Å². The van der Waals surface area contributed by atoms with Crippen LogP contribution in [-0.2, 0) is 9.59 Å². The fourth-order valence-electron chi connectivity index (χ4n) is 5.96. The van der Waals surface area contributed by atoms with Gasteiger partial charge in [-0.3, -0.25) is 9.59 Å². The van der Waals surface area contributed by atoms with E-state index in [4.69, 9.17) is 9.47 Å². The molecule has 6 rings (SSSR count). The first-order valence-corrected chi connectivity index (χ1v) is 12.9. The van der Waals surface area contributed by atoms with E-state index in [0.717, 1.165) is 37.3 Å². The second-order valence-electron chi connectivity index (χ2n) is 9.26. The van der Waals surface area contributed by atoms with E-state index in [1.54, 1.807) is 14.2 Å². The molecule has 0 N–H and O–H groups in total. The average Bonchev–Trinajstić information content (AvgIpc) is 3.55. The molecule has 4 atom stereocenters. The molecule has 1 saturated heterocycles. The molecule has 0 radical (unpaired) electrons. The van der Waals surface area contributed by atoms with Crippen LogP contribution in [0.5, 0.6) is 11.5 Å². The molecule has 6 heteroatoms. The Bertz CT molecular complexity index is 1320. The highest BCUT2D eigenvalue weighted by Crippen LogP contribution is 2.59. The van der Waals surface area contributed by atoms with Crippen molar-refractivity contribution < 1.29 is 19.1 Å². The summed E-state index contributed by atoms with van der Waals surface area (Å²) in [4.78, 5) is 28.8. The van der Waals surface area contributed by atoms with Gasteiger partial charge >= 0.3 is 0 Å². The predicted octanol–water partition coefficient (Wildman–Crippen LogP) is 5.73. The third-order valence-corrected chi connectivity index (χ3v) is 8.27. The summed E-state index contributed by atoms with van der Waals surface area (Å²) >= 11 is 2.22. The lowest BCUT2D eigenvalue weighted by Crippen LogP contribution is -2.33. The molecule has 2 fully saturated rings. The van der Waals surface area contributed by atoms with Crippen LogP contribution in [0.3, 0.4) is 0 Å². The Kier molecular flexibility index (Phi) is 5.71. The third kappa shape index (κ3) is 3.50. The van der Waals surface area contributed by atoms with Gasteiger partial charge in [0.25, 0.3) is 0 Å². The number of ether oxygens (including phenoxy) is 2. The smallest absolute Gasteiger partial charge is 0.238 e. The molecule has 2 aliphatic carbocycles. The van der Waals surface area contributed by atoms with Crippen LogP contribution in [0, 0.1) is 27.2 Å². The van der Waals surface area contributed by atoms with Crippen LogP contribution >= 0.6 is 22.6 Å². The maximum absolute atomic E-state index is 13.7. The summed E-state index contributed by atoms with van der Waals surface area (Å²) in [6.45, 7) is 0. The molecule has 1 aliphatic heterocycles. The summed E-state index contributed by atoms with van der Waals surface area (Å²) in [5.74, 6) is 0.339. The van der Waals surface area contributed by atoms with E-state index in [9.17, 15) is 9.59 Å². The van der Waals surface area contributed by atoms with E-state index < -0.39 is 0 Å². The molecule has 3 aromatic rings. The SMILES string of the molecule is COc1ccc(C(=C2[C@H]3C=C[C@H]2[C@@H]2C(=O)N(c4ccc(I)cc4)C(=O)[C@H]23)c2ccc(OC)cc2)cc1. The average molecular weight is 589 g/mol. The van der Waals surface area contributed by atoms with Crippen LogP contribution in [0.2, 0.25) is 0 Å². The first-order chi connectivity index (χ1) is 17.5. The molecular weight excluding hydrogens is 565 g/mol. The van der Waals surface area contributed by atoms with Crippen molar-refractivity contribution in [1.82, 2.24) is 0 Å². The summed E-state index contributed by atoms with van der Waals surface area (Å²) < 4.78 is 11.8. The van der Waals surface area contributed by atoms with Crippen LogP contribution in [0.1, 0.15) is 11.1 Å². The molecule has 180 valence electrons. The van der Waals surface area contributed by atoms with Gasteiger partial charge in [0.15, 0.2) is 0 Å². The van der Waals surface area contributed by atoms with E-state index in [1.165, 1.54) is 4.90 Å². The minimum Gasteiger partial charge on any atom is -0.497 e. The lowest BCUT2D eigenvalue weighted by molar-refractivity contribution is -0.122. The standard InChI is InChI=1S/C30H24INO4/c1-35-21-11-3-17(4-12-21)25(18-5-13-22(36-2)14-6-18)26-23-15-16-24(26)28-27(23)29(33)32(30(28)34)20-9-7-19(31)8-10-20/h3-16,23-24,27-28H,1-2H3/t23-,24-,27+,28+/m1/s1. The number of anilines is 1.